The van der Waals surface area contributed by atoms with Gasteiger partial charge < -0.3 is 15.3 Å². The first-order valence-electron chi connectivity index (χ1n) is 12.1. The number of hydrogen-bond donors (Lipinski definition) is 2. The summed E-state index contributed by atoms with van der Waals surface area (Å²) in [5.74, 6) is 0.384. The van der Waals surface area contributed by atoms with E-state index in [-0.39, 0.29) is 52.4 Å². The first-order valence-corrected chi connectivity index (χ1v) is 12.1. The lowest BCUT2D eigenvalue weighted by Crippen LogP contribution is -2.58. The molecule has 30 heavy (non-hydrogen) atoms. The van der Waals surface area contributed by atoms with E-state index in [2.05, 4.69) is 39.9 Å². The van der Waals surface area contributed by atoms with Gasteiger partial charge in [-0.3, -0.25) is 9.59 Å². The predicted molar refractivity (Wildman–Crippen MR) is 122 cm³/mol. The molecule has 2 rings (SSSR count). The Labute approximate surface area is 184 Å². The highest BCUT2D eigenvalue weighted by Gasteiger charge is 2.54. The van der Waals surface area contributed by atoms with Crippen LogP contribution in [0.2, 0.25) is 0 Å². The number of fused-ring (bicyclic) bond motifs is 1. The zero-order valence-corrected chi connectivity index (χ0v) is 20.6. The third-order valence-corrected chi connectivity index (χ3v) is 8.03. The topological polar surface area (TPSA) is 69.6 Å². The van der Waals surface area contributed by atoms with Gasteiger partial charge in [-0.25, -0.2) is 0 Å². The van der Waals surface area contributed by atoms with Crippen LogP contribution in [-0.2, 0) is 9.59 Å². The summed E-state index contributed by atoms with van der Waals surface area (Å²) >= 11 is 0. The SMILES string of the molecule is CCN(CC)C(=O)C(C)C1CCC2(C)CCC(NC(=O)CC(C)(C)C)C(C)C2C1O. The van der Waals surface area contributed by atoms with Crippen molar-refractivity contribution in [1.29, 1.82) is 0 Å². The Kier molecular flexibility index (Phi) is 8.04. The molecule has 0 heterocycles. The fourth-order valence-electron chi connectivity index (χ4n) is 6.24. The molecule has 2 amide bonds. The summed E-state index contributed by atoms with van der Waals surface area (Å²) in [6, 6.07) is 0.0973. The highest BCUT2D eigenvalue weighted by Crippen LogP contribution is 2.55. The lowest BCUT2D eigenvalue weighted by molar-refractivity contribution is -0.150. The summed E-state index contributed by atoms with van der Waals surface area (Å²) in [4.78, 5) is 27.4. The van der Waals surface area contributed by atoms with E-state index >= 15 is 0 Å². The second kappa shape index (κ2) is 9.58. The van der Waals surface area contributed by atoms with Crippen LogP contribution in [0, 0.1) is 34.5 Å². The summed E-state index contributed by atoms with van der Waals surface area (Å²) < 4.78 is 0. The van der Waals surface area contributed by atoms with E-state index in [0.717, 1.165) is 25.7 Å². The number of rotatable bonds is 6. The van der Waals surface area contributed by atoms with E-state index in [9.17, 15) is 14.7 Å². The minimum atomic E-state index is -0.504. The van der Waals surface area contributed by atoms with Crippen LogP contribution < -0.4 is 5.32 Å². The average Bonchev–Trinajstić information content (AvgIpc) is 2.63. The van der Waals surface area contributed by atoms with E-state index < -0.39 is 6.10 Å². The van der Waals surface area contributed by atoms with Gasteiger partial charge in [0.25, 0.3) is 0 Å². The van der Waals surface area contributed by atoms with Crippen LogP contribution in [0.5, 0.6) is 0 Å². The molecule has 2 aliphatic rings. The quantitative estimate of drug-likeness (QED) is 0.673. The van der Waals surface area contributed by atoms with Gasteiger partial charge in [-0.05, 0) is 68.1 Å². The van der Waals surface area contributed by atoms with Crippen LogP contribution >= 0.6 is 0 Å². The molecule has 2 fully saturated rings. The number of aliphatic hydroxyl groups excluding tert-OH is 1. The molecule has 0 saturated heterocycles. The first-order chi connectivity index (χ1) is 13.8. The third-order valence-electron chi connectivity index (χ3n) is 8.03. The van der Waals surface area contributed by atoms with Crippen molar-refractivity contribution in [2.24, 2.45) is 34.5 Å². The molecule has 7 unspecified atom stereocenters. The maximum absolute atomic E-state index is 13.0. The second-order valence-electron chi connectivity index (χ2n) is 11.5. The van der Waals surface area contributed by atoms with Gasteiger partial charge in [-0.2, -0.15) is 0 Å². The average molecular weight is 423 g/mol. The van der Waals surface area contributed by atoms with Gasteiger partial charge in [-0.1, -0.05) is 41.5 Å². The van der Waals surface area contributed by atoms with Gasteiger partial charge >= 0.3 is 0 Å². The standard InChI is InChI=1S/C25H46N2O3/c1-9-27(10-2)23(30)16(3)18-11-13-25(8)14-12-19(17(4)21(25)22(18)29)26-20(28)15-24(5,6)7/h16-19,21-22,29H,9-15H2,1-8H3,(H,26,28). The molecule has 0 spiro atoms. The van der Waals surface area contributed by atoms with Gasteiger partial charge in [0.15, 0.2) is 0 Å². The predicted octanol–water partition coefficient (Wildman–Crippen LogP) is 4.24. The Balaban J connectivity index is 2.15. The van der Waals surface area contributed by atoms with Gasteiger partial charge in [0.2, 0.25) is 11.8 Å². The Morgan fingerprint density at radius 1 is 1.17 bits per heavy atom. The van der Waals surface area contributed by atoms with Gasteiger partial charge in [-0.15, -0.1) is 0 Å². The van der Waals surface area contributed by atoms with Crippen molar-refractivity contribution in [1.82, 2.24) is 10.2 Å². The normalized spacial score (nSPS) is 35.3. The molecule has 5 heteroatoms. The number of aliphatic hydroxyl groups is 1. The molecule has 2 saturated carbocycles. The van der Waals surface area contributed by atoms with Crippen molar-refractivity contribution in [3.05, 3.63) is 0 Å². The van der Waals surface area contributed by atoms with Crippen LogP contribution in [-0.4, -0.2) is 47.1 Å². The molecular weight excluding hydrogens is 376 g/mol. The van der Waals surface area contributed by atoms with Crippen LogP contribution in [0.25, 0.3) is 0 Å². The highest BCUT2D eigenvalue weighted by molar-refractivity contribution is 5.79. The Morgan fingerprint density at radius 3 is 2.27 bits per heavy atom. The number of amides is 2. The minimum Gasteiger partial charge on any atom is -0.392 e. The van der Waals surface area contributed by atoms with E-state index in [1.165, 1.54) is 0 Å². The molecule has 0 aliphatic heterocycles. The van der Waals surface area contributed by atoms with Crippen LogP contribution in [0.4, 0.5) is 0 Å². The van der Waals surface area contributed by atoms with E-state index in [1.807, 2.05) is 25.7 Å². The smallest absolute Gasteiger partial charge is 0.225 e. The largest absolute Gasteiger partial charge is 0.392 e. The van der Waals surface area contributed by atoms with Crippen molar-refractivity contribution < 1.29 is 14.7 Å². The maximum Gasteiger partial charge on any atom is 0.225 e. The van der Waals surface area contributed by atoms with Crippen LogP contribution in [0.1, 0.15) is 87.5 Å². The summed E-state index contributed by atoms with van der Waals surface area (Å²) in [5.41, 5.74) is 0.0464. The summed E-state index contributed by atoms with van der Waals surface area (Å²) in [5, 5.41) is 14.8. The number of carbonyl (C=O) groups excluding carboxylic acids is 2. The fraction of sp³-hybridized carbons (Fsp3) is 0.920. The van der Waals surface area contributed by atoms with E-state index in [1.54, 1.807) is 0 Å². The molecule has 0 aromatic heterocycles. The molecule has 0 aromatic carbocycles. The molecule has 174 valence electrons. The lowest BCUT2D eigenvalue weighted by atomic mass is 9.51. The lowest BCUT2D eigenvalue weighted by Gasteiger charge is -2.56. The summed E-state index contributed by atoms with van der Waals surface area (Å²) in [6.07, 6.45) is 3.94. The second-order valence-corrected chi connectivity index (χ2v) is 11.5. The van der Waals surface area contributed by atoms with Gasteiger partial charge in [0, 0.05) is 31.5 Å². The van der Waals surface area contributed by atoms with Crippen LogP contribution in [0.3, 0.4) is 0 Å². The molecule has 5 nitrogen and oxygen atoms in total. The van der Waals surface area contributed by atoms with Crippen molar-refractivity contribution in [3.63, 3.8) is 0 Å². The zero-order chi connectivity index (χ0) is 22.9. The van der Waals surface area contributed by atoms with Crippen LogP contribution in [0.15, 0.2) is 0 Å². The van der Waals surface area contributed by atoms with Crippen molar-refractivity contribution >= 4 is 11.8 Å². The molecule has 0 bridgehead atoms. The Bertz CT molecular complexity index is 610. The van der Waals surface area contributed by atoms with E-state index in [0.29, 0.717) is 19.5 Å². The number of nitrogens with zero attached hydrogens (tertiary/aromatic N) is 1. The number of nitrogens with one attached hydrogen (secondary N) is 1. The van der Waals surface area contributed by atoms with Gasteiger partial charge in [0.05, 0.1) is 6.10 Å². The Hall–Kier alpha value is -1.10. The zero-order valence-electron chi connectivity index (χ0n) is 20.6. The summed E-state index contributed by atoms with van der Waals surface area (Å²) in [7, 11) is 0. The highest BCUT2D eigenvalue weighted by atomic mass is 16.3. The monoisotopic (exact) mass is 422 g/mol. The molecule has 0 aromatic rings. The van der Waals surface area contributed by atoms with Crippen molar-refractivity contribution in [3.8, 4) is 0 Å². The fourth-order valence-corrected chi connectivity index (χ4v) is 6.24. The first kappa shape index (κ1) is 25.2. The molecule has 7 atom stereocenters. The molecule has 0 radical (unpaired) electrons. The molecular formula is C25H46N2O3. The maximum atomic E-state index is 13.0. The Morgan fingerprint density at radius 2 is 1.73 bits per heavy atom. The van der Waals surface area contributed by atoms with Crippen molar-refractivity contribution in [2.45, 2.75) is 99.6 Å². The van der Waals surface area contributed by atoms with Crippen molar-refractivity contribution in [2.75, 3.05) is 13.1 Å². The van der Waals surface area contributed by atoms with E-state index in [4.69, 9.17) is 0 Å². The number of carbonyl (C=O) groups is 2. The third kappa shape index (κ3) is 5.38. The molecule has 2 aliphatic carbocycles. The summed E-state index contributed by atoms with van der Waals surface area (Å²) in [6.45, 7) is 18.2. The molecule has 2 N–H and O–H groups in total. The van der Waals surface area contributed by atoms with Gasteiger partial charge in [0.1, 0.15) is 0 Å². The number of hydrogen-bond acceptors (Lipinski definition) is 3. The minimum absolute atomic E-state index is 0.0114.